The second-order valence-electron chi connectivity index (χ2n) is 4.88. The van der Waals surface area contributed by atoms with Gasteiger partial charge in [0.15, 0.2) is 11.5 Å². The number of fused-ring (bicyclic) bond motifs is 1. The molecule has 3 heteroatoms. The summed E-state index contributed by atoms with van der Waals surface area (Å²) in [4.78, 5) is 10.5. The molecule has 0 saturated heterocycles. The number of benzene rings is 1. The molecule has 18 heavy (non-hydrogen) atoms. The zero-order valence-corrected chi connectivity index (χ0v) is 11.1. The van der Waals surface area contributed by atoms with Crippen LogP contribution in [0.4, 0.5) is 0 Å². The van der Waals surface area contributed by atoms with E-state index in [1.165, 1.54) is 11.1 Å². The van der Waals surface area contributed by atoms with Crippen molar-refractivity contribution in [1.29, 1.82) is 0 Å². The molecule has 1 aliphatic heterocycles. The summed E-state index contributed by atoms with van der Waals surface area (Å²) >= 11 is 0. The zero-order chi connectivity index (χ0) is 13.0. The lowest BCUT2D eigenvalue weighted by atomic mass is 9.93. The fourth-order valence-electron chi connectivity index (χ4n) is 2.36. The summed E-state index contributed by atoms with van der Waals surface area (Å²) in [6.07, 6.45) is 3.20. The number of hydrogen-bond acceptors (Lipinski definition) is 3. The summed E-state index contributed by atoms with van der Waals surface area (Å²) in [5, 5.41) is 0. The summed E-state index contributed by atoms with van der Waals surface area (Å²) < 4.78 is 11.6. The van der Waals surface area contributed by atoms with Gasteiger partial charge in [-0.3, -0.25) is 0 Å². The fourth-order valence-corrected chi connectivity index (χ4v) is 2.36. The molecule has 1 aromatic rings. The minimum absolute atomic E-state index is 0.364. The molecule has 1 heterocycles. The highest BCUT2D eigenvalue weighted by Crippen LogP contribution is 2.39. The molecule has 0 bridgehead atoms. The summed E-state index contributed by atoms with van der Waals surface area (Å²) in [7, 11) is 0. The van der Waals surface area contributed by atoms with Gasteiger partial charge in [0, 0.05) is 18.4 Å². The molecule has 0 fully saturated rings. The predicted molar refractivity (Wildman–Crippen MR) is 70.5 cm³/mol. The van der Waals surface area contributed by atoms with E-state index >= 15 is 0 Å². The Morgan fingerprint density at radius 3 is 2.78 bits per heavy atom. The van der Waals surface area contributed by atoms with E-state index in [2.05, 4.69) is 19.9 Å². The lowest BCUT2D eigenvalue weighted by molar-refractivity contribution is -0.107. The van der Waals surface area contributed by atoms with Gasteiger partial charge in [-0.15, -0.1) is 0 Å². The quantitative estimate of drug-likeness (QED) is 0.768. The Hall–Kier alpha value is -1.51. The molecule has 0 spiro atoms. The van der Waals surface area contributed by atoms with E-state index in [0.717, 1.165) is 30.6 Å². The third kappa shape index (κ3) is 2.66. The summed E-state index contributed by atoms with van der Waals surface area (Å²) in [6.45, 7) is 5.70. The molecular formula is C15H20O3. The Labute approximate surface area is 108 Å². The van der Waals surface area contributed by atoms with Crippen LogP contribution in [-0.4, -0.2) is 19.5 Å². The van der Waals surface area contributed by atoms with Crippen molar-refractivity contribution < 1.29 is 14.3 Å². The Bertz CT molecular complexity index is 424. The van der Waals surface area contributed by atoms with E-state index in [0.29, 0.717) is 25.6 Å². The molecular weight excluding hydrogens is 228 g/mol. The lowest BCUT2D eigenvalue weighted by Crippen LogP contribution is -2.03. The third-order valence-electron chi connectivity index (χ3n) is 3.15. The van der Waals surface area contributed by atoms with Gasteiger partial charge in [-0.1, -0.05) is 19.9 Å². The van der Waals surface area contributed by atoms with Crippen molar-refractivity contribution in [1.82, 2.24) is 0 Å². The smallest absolute Gasteiger partial charge is 0.164 e. The maximum Gasteiger partial charge on any atom is 0.164 e. The Kier molecular flexibility index (Phi) is 4.24. The molecule has 0 unspecified atom stereocenters. The first-order chi connectivity index (χ1) is 8.74. The van der Waals surface area contributed by atoms with Gasteiger partial charge >= 0.3 is 0 Å². The van der Waals surface area contributed by atoms with Gasteiger partial charge in [-0.25, -0.2) is 0 Å². The van der Waals surface area contributed by atoms with Crippen molar-refractivity contribution in [3.05, 3.63) is 23.3 Å². The summed E-state index contributed by atoms with van der Waals surface area (Å²) in [6, 6.07) is 4.03. The number of ether oxygens (including phenoxy) is 2. The number of carbonyl (C=O) groups is 1. The number of carbonyl (C=O) groups excluding carboxylic acids is 1. The van der Waals surface area contributed by atoms with Gasteiger partial charge in [0.05, 0.1) is 13.2 Å². The van der Waals surface area contributed by atoms with Crippen LogP contribution in [0.1, 0.15) is 43.7 Å². The molecule has 1 aliphatic rings. The molecule has 3 nitrogen and oxygen atoms in total. The van der Waals surface area contributed by atoms with E-state index < -0.39 is 0 Å². The number of rotatable bonds is 4. The maximum atomic E-state index is 10.5. The van der Waals surface area contributed by atoms with Crippen molar-refractivity contribution in [3.8, 4) is 11.5 Å². The second kappa shape index (κ2) is 5.89. The molecule has 0 atom stereocenters. The van der Waals surface area contributed by atoms with Crippen molar-refractivity contribution in [2.75, 3.05) is 13.2 Å². The van der Waals surface area contributed by atoms with Crippen LogP contribution in [0, 0.1) is 0 Å². The van der Waals surface area contributed by atoms with Gasteiger partial charge < -0.3 is 14.3 Å². The van der Waals surface area contributed by atoms with Crippen LogP contribution in [0.2, 0.25) is 0 Å². The molecule has 0 radical (unpaired) electrons. The minimum Gasteiger partial charge on any atom is -0.490 e. The lowest BCUT2D eigenvalue weighted by Gasteiger charge is -2.19. The molecule has 0 aromatic heterocycles. The van der Waals surface area contributed by atoms with Crippen LogP contribution in [0.25, 0.3) is 0 Å². The van der Waals surface area contributed by atoms with Gasteiger partial charge in [0.1, 0.15) is 6.29 Å². The van der Waals surface area contributed by atoms with E-state index in [1.54, 1.807) is 0 Å². The average Bonchev–Trinajstić information content (AvgIpc) is 2.60. The van der Waals surface area contributed by atoms with Crippen molar-refractivity contribution in [2.24, 2.45) is 0 Å². The normalized spacial score (nSPS) is 14.4. The van der Waals surface area contributed by atoms with Crippen LogP contribution < -0.4 is 9.47 Å². The monoisotopic (exact) mass is 248 g/mol. The molecule has 0 amide bonds. The first-order valence-corrected chi connectivity index (χ1v) is 6.59. The molecule has 0 saturated carbocycles. The van der Waals surface area contributed by atoms with Crippen LogP contribution in [-0.2, 0) is 11.2 Å². The van der Waals surface area contributed by atoms with E-state index in [9.17, 15) is 4.79 Å². The van der Waals surface area contributed by atoms with E-state index in [4.69, 9.17) is 9.47 Å². The SMILES string of the molecule is CC(C)c1c(CCC=O)ccc2c1OCCCO2. The molecule has 1 aromatic carbocycles. The summed E-state index contributed by atoms with van der Waals surface area (Å²) in [5.41, 5.74) is 2.39. The minimum atomic E-state index is 0.364. The van der Waals surface area contributed by atoms with E-state index in [-0.39, 0.29) is 0 Å². The van der Waals surface area contributed by atoms with Crippen LogP contribution >= 0.6 is 0 Å². The van der Waals surface area contributed by atoms with Gasteiger partial charge in [-0.2, -0.15) is 0 Å². The number of hydrogen-bond donors (Lipinski definition) is 0. The first kappa shape index (κ1) is 12.9. The van der Waals surface area contributed by atoms with E-state index in [1.807, 2.05) is 6.07 Å². The maximum absolute atomic E-state index is 10.5. The molecule has 2 rings (SSSR count). The number of aldehydes is 1. The Morgan fingerprint density at radius 2 is 2.06 bits per heavy atom. The molecule has 0 N–H and O–H groups in total. The molecule has 0 aliphatic carbocycles. The van der Waals surface area contributed by atoms with Gasteiger partial charge in [0.2, 0.25) is 0 Å². The van der Waals surface area contributed by atoms with Crippen molar-refractivity contribution in [2.45, 2.75) is 39.0 Å². The van der Waals surface area contributed by atoms with Gasteiger partial charge in [0.25, 0.3) is 0 Å². The number of aryl methyl sites for hydroxylation is 1. The highest BCUT2D eigenvalue weighted by molar-refractivity contribution is 5.55. The average molecular weight is 248 g/mol. The fraction of sp³-hybridized carbons (Fsp3) is 0.533. The summed E-state index contributed by atoms with van der Waals surface area (Å²) in [5.74, 6) is 2.08. The highest BCUT2D eigenvalue weighted by Gasteiger charge is 2.20. The third-order valence-corrected chi connectivity index (χ3v) is 3.15. The topological polar surface area (TPSA) is 35.5 Å². The predicted octanol–water partition coefficient (Wildman–Crippen LogP) is 3.10. The van der Waals surface area contributed by atoms with Crippen LogP contribution in [0.15, 0.2) is 12.1 Å². The van der Waals surface area contributed by atoms with Crippen molar-refractivity contribution >= 4 is 6.29 Å². The first-order valence-electron chi connectivity index (χ1n) is 6.59. The van der Waals surface area contributed by atoms with Gasteiger partial charge in [-0.05, 0) is 24.0 Å². The van der Waals surface area contributed by atoms with Crippen molar-refractivity contribution in [3.63, 3.8) is 0 Å². The van der Waals surface area contributed by atoms with Crippen LogP contribution in [0.5, 0.6) is 11.5 Å². The largest absolute Gasteiger partial charge is 0.490 e. The Balaban J connectivity index is 2.42. The second-order valence-corrected chi connectivity index (χ2v) is 4.88. The standard InChI is InChI=1S/C15H20O3/c1-11(2)14-12(5-3-8-16)6-7-13-15(14)18-10-4-9-17-13/h6-8,11H,3-5,9-10H2,1-2H3. The Morgan fingerprint density at radius 1 is 1.28 bits per heavy atom. The highest BCUT2D eigenvalue weighted by atomic mass is 16.5. The zero-order valence-electron chi connectivity index (χ0n) is 11.1. The van der Waals surface area contributed by atoms with Crippen LogP contribution in [0.3, 0.4) is 0 Å². The molecule has 98 valence electrons.